The molecule has 2 aromatic heterocycles. The van der Waals surface area contributed by atoms with E-state index >= 15 is 0 Å². The van der Waals surface area contributed by atoms with Crippen LogP contribution in [0.2, 0.25) is 0 Å². The van der Waals surface area contributed by atoms with Crippen LogP contribution in [0, 0.1) is 0 Å². The summed E-state index contributed by atoms with van der Waals surface area (Å²) in [7, 11) is -4.54. The highest BCUT2D eigenvalue weighted by atomic mass is 32.2. The summed E-state index contributed by atoms with van der Waals surface area (Å²) in [5, 5.41) is 1.57. The van der Waals surface area contributed by atoms with Crippen molar-refractivity contribution in [3.8, 4) is 0 Å². The molecule has 10 nitrogen and oxygen atoms in total. The van der Waals surface area contributed by atoms with E-state index < -0.39 is 68.7 Å². The summed E-state index contributed by atoms with van der Waals surface area (Å²) in [6, 6.07) is 2.56. The van der Waals surface area contributed by atoms with Crippen LogP contribution in [-0.4, -0.2) is 55.0 Å². The highest BCUT2D eigenvalue weighted by Gasteiger charge is 2.37. The number of carbonyl (C=O) groups is 2. The maximum absolute atomic E-state index is 13.6. The molecule has 1 saturated heterocycles. The van der Waals surface area contributed by atoms with Crippen LogP contribution in [0.5, 0.6) is 0 Å². The Balaban J connectivity index is 1.88. The van der Waals surface area contributed by atoms with Gasteiger partial charge >= 0.3 is 12.3 Å². The molecule has 0 unspecified atom stereocenters. The maximum Gasteiger partial charge on any atom is 0.421 e. The fraction of sp³-hybridized carbons (Fsp3) is 0.455. The molecule has 16 heteroatoms. The molecule has 0 spiro atoms. The summed E-state index contributed by atoms with van der Waals surface area (Å²) < 4.78 is 98.7. The van der Waals surface area contributed by atoms with Gasteiger partial charge < -0.3 is 15.0 Å². The average molecular weight is 566 g/mol. The van der Waals surface area contributed by atoms with Crippen molar-refractivity contribution in [1.29, 1.82) is 0 Å². The highest BCUT2D eigenvalue weighted by molar-refractivity contribution is 7.90. The standard InChI is InChI=1S/C22H24F5N5O5S/c1-20(2,3)37-19(34)31-38(35,36)16-11-14(4-7-28-16)30-18(33)15-10-13(22(25,26)27)12-29-17(15)32-8-5-21(23,24)6-9-32/h4,7,10-12H,5-6,8-9H2,1-3H3,(H,31,34)(H,28,30,33). The topological polar surface area (TPSA) is 131 Å². The van der Waals surface area contributed by atoms with Gasteiger partial charge in [0.05, 0.1) is 11.1 Å². The Morgan fingerprint density at radius 1 is 1.08 bits per heavy atom. The van der Waals surface area contributed by atoms with E-state index in [0.717, 1.165) is 18.3 Å². The van der Waals surface area contributed by atoms with Crippen molar-refractivity contribution in [1.82, 2.24) is 14.7 Å². The summed E-state index contributed by atoms with van der Waals surface area (Å²) in [6.45, 7) is 4.04. The Morgan fingerprint density at radius 2 is 1.71 bits per heavy atom. The van der Waals surface area contributed by atoms with Gasteiger partial charge in [-0.25, -0.2) is 28.3 Å². The molecule has 2 aromatic rings. The van der Waals surface area contributed by atoms with Crippen LogP contribution in [0.15, 0.2) is 35.6 Å². The lowest BCUT2D eigenvalue weighted by molar-refractivity contribution is -0.137. The predicted molar refractivity (Wildman–Crippen MR) is 124 cm³/mol. The van der Waals surface area contributed by atoms with E-state index in [2.05, 4.69) is 15.3 Å². The Hall–Kier alpha value is -3.56. The van der Waals surface area contributed by atoms with Gasteiger partial charge in [0.2, 0.25) is 0 Å². The molecule has 0 bridgehead atoms. The summed E-state index contributed by atoms with van der Waals surface area (Å²) >= 11 is 0. The molecule has 0 radical (unpaired) electrons. The second-order valence-electron chi connectivity index (χ2n) is 9.38. The molecule has 208 valence electrons. The summed E-state index contributed by atoms with van der Waals surface area (Å²) in [5.41, 5.74) is -2.99. The van der Waals surface area contributed by atoms with Gasteiger partial charge in [-0.15, -0.1) is 0 Å². The van der Waals surface area contributed by atoms with E-state index in [1.807, 2.05) is 0 Å². The van der Waals surface area contributed by atoms with E-state index in [1.165, 1.54) is 25.7 Å². The molecule has 0 aromatic carbocycles. The molecule has 0 aliphatic carbocycles. The van der Waals surface area contributed by atoms with Crippen LogP contribution in [0.3, 0.4) is 0 Å². The quantitative estimate of drug-likeness (QED) is 0.516. The van der Waals surface area contributed by atoms with Crippen molar-refractivity contribution >= 4 is 33.5 Å². The van der Waals surface area contributed by atoms with Gasteiger partial charge in [0, 0.05) is 50.1 Å². The molecule has 38 heavy (non-hydrogen) atoms. The number of anilines is 2. The van der Waals surface area contributed by atoms with Crippen LogP contribution in [0.4, 0.5) is 38.3 Å². The number of alkyl halides is 5. The normalized spacial score (nSPS) is 16.1. The predicted octanol–water partition coefficient (Wildman–Crippen LogP) is 4.20. The van der Waals surface area contributed by atoms with E-state index in [-0.39, 0.29) is 24.6 Å². The molecule has 2 N–H and O–H groups in total. The molecule has 3 heterocycles. The highest BCUT2D eigenvalue weighted by Crippen LogP contribution is 2.35. The van der Waals surface area contributed by atoms with Gasteiger partial charge in [-0.3, -0.25) is 4.79 Å². The van der Waals surface area contributed by atoms with Crippen LogP contribution < -0.4 is 14.9 Å². The van der Waals surface area contributed by atoms with Crippen LogP contribution in [0.25, 0.3) is 0 Å². The van der Waals surface area contributed by atoms with Crippen molar-refractivity contribution in [2.24, 2.45) is 0 Å². The molecule has 1 aliphatic heterocycles. The number of halogens is 5. The van der Waals surface area contributed by atoms with Gasteiger partial charge in [0.1, 0.15) is 11.4 Å². The minimum Gasteiger partial charge on any atom is -0.443 e. The first-order valence-corrected chi connectivity index (χ1v) is 12.6. The van der Waals surface area contributed by atoms with E-state index in [4.69, 9.17) is 4.74 Å². The maximum atomic E-state index is 13.6. The average Bonchev–Trinajstić information content (AvgIpc) is 2.76. The number of piperidine rings is 1. The minimum absolute atomic E-state index is 0.192. The van der Waals surface area contributed by atoms with Crippen LogP contribution >= 0.6 is 0 Å². The number of ether oxygens (including phenoxy) is 1. The lowest BCUT2D eigenvalue weighted by atomic mass is 10.1. The third kappa shape index (κ3) is 7.49. The number of hydrogen-bond donors (Lipinski definition) is 2. The van der Waals surface area contributed by atoms with E-state index in [9.17, 15) is 40.0 Å². The van der Waals surface area contributed by atoms with Gasteiger partial charge in [0.25, 0.3) is 21.9 Å². The van der Waals surface area contributed by atoms with E-state index in [0.29, 0.717) is 12.3 Å². The molecule has 0 saturated carbocycles. The Morgan fingerprint density at radius 3 is 2.29 bits per heavy atom. The minimum atomic E-state index is -4.85. The van der Waals surface area contributed by atoms with Gasteiger partial charge in [0.15, 0.2) is 5.03 Å². The second kappa shape index (κ2) is 10.3. The van der Waals surface area contributed by atoms with Gasteiger partial charge in [-0.1, -0.05) is 0 Å². The Kier molecular flexibility index (Phi) is 7.86. The number of rotatable bonds is 5. The first-order chi connectivity index (χ1) is 17.4. The van der Waals surface area contributed by atoms with Gasteiger partial charge in [-0.05, 0) is 32.9 Å². The number of nitrogens with one attached hydrogen (secondary N) is 2. The Labute approximate surface area is 214 Å². The van der Waals surface area contributed by atoms with Crippen molar-refractivity contribution in [3.05, 3.63) is 41.7 Å². The number of carbonyl (C=O) groups excluding carboxylic acids is 2. The molecule has 1 aliphatic rings. The molecule has 2 amide bonds. The molecule has 1 fully saturated rings. The van der Waals surface area contributed by atoms with Crippen molar-refractivity contribution in [2.75, 3.05) is 23.3 Å². The number of pyridine rings is 2. The second-order valence-corrected chi connectivity index (χ2v) is 11.0. The molecule has 3 rings (SSSR count). The fourth-order valence-corrected chi connectivity index (χ4v) is 4.22. The summed E-state index contributed by atoms with van der Waals surface area (Å²) in [4.78, 5) is 33.6. The monoisotopic (exact) mass is 565 g/mol. The molecular formula is C22H24F5N5O5S. The van der Waals surface area contributed by atoms with Gasteiger partial charge in [-0.2, -0.15) is 21.6 Å². The lowest BCUT2D eigenvalue weighted by Crippen LogP contribution is -2.40. The van der Waals surface area contributed by atoms with Crippen LogP contribution in [0.1, 0.15) is 49.5 Å². The number of hydrogen-bond acceptors (Lipinski definition) is 8. The van der Waals surface area contributed by atoms with Crippen molar-refractivity contribution < 1.29 is 44.7 Å². The third-order valence-corrected chi connectivity index (χ3v) is 6.33. The zero-order chi connectivity index (χ0) is 28.5. The van der Waals surface area contributed by atoms with Crippen molar-refractivity contribution in [3.63, 3.8) is 0 Å². The first kappa shape index (κ1) is 29.0. The van der Waals surface area contributed by atoms with E-state index in [1.54, 1.807) is 4.72 Å². The zero-order valence-corrected chi connectivity index (χ0v) is 21.2. The Bertz CT molecular complexity index is 1320. The summed E-state index contributed by atoms with van der Waals surface area (Å²) in [6.07, 6.45) is -5.79. The number of aromatic nitrogens is 2. The fourth-order valence-electron chi connectivity index (χ4n) is 3.37. The number of amides is 2. The summed E-state index contributed by atoms with van der Waals surface area (Å²) in [5.74, 6) is -4.29. The molecular weight excluding hydrogens is 541 g/mol. The lowest BCUT2D eigenvalue weighted by Gasteiger charge is -2.33. The largest absolute Gasteiger partial charge is 0.443 e. The van der Waals surface area contributed by atoms with Crippen LogP contribution in [-0.2, 0) is 20.9 Å². The third-order valence-electron chi connectivity index (χ3n) is 5.12. The molecule has 0 atom stereocenters. The zero-order valence-electron chi connectivity index (χ0n) is 20.4. The van der Waals surface area contributed by atoms with Crippen molar-refractivity contribution in [2.45, 2.75) is 56.3 Å². The smallest absolute Gasteiger partial charge is 0.421 e. The first-order valence-electron chi connectivity index (χ1n) is 11.1. The SMILES string of the molecule is CC(C)(C)OC(=O)NS(=O)(=O)c1cc(NC(=O)c2cc(C(F)(F)F)cnc2N2CCC(F)(F)CC2)ccn1. The number of nitrogens with zero attached hydrogens (tertiary/aromatic N) is 3. The number of sulfonamides is 1.